The summed E-state index contributed by atoms with van der Waals surface area (Å²) in [4.78, 5) is 9.59. The number of nitrogens with zero attached hydrogens (tertiary/aromatic N) is 2. The largest absolute Gasteiger partial charge is 0.329 e. The first-order chi connectivity index (χ1) is 7.35. The van der Waals surface area contributed by atoms with E-state index in [1.807, 2.05) is 29.6 Å². The normalized spacial score (nSPS) is 23.9. The van der Waals surface area contributed by atoms with Gasteiger partial charge in [0.2, 0.25) is 0 Å². The molecule has 0 amide bonds. The van der Waals surface area contributed by atoms with Crippen LogP contribution in [0.1, 0.15) is 11.8 Å². The highest BCUT2D eigenvalue weighted by atomic mass is 32.2. The van der Waals surface area contributed by atoms with E-state index in [1.54, 1.807) is 0 Å². The van der Waals surface area contributed by atoms with Crippen LogP contribution in [0.15, 0.2) is 18.3 Å². The molecule has 2 rings (SSSR count). The minimum Gasteiger partial charge on any atom is -0.329 e. The highest BCUT2D eigenvalue weighted by Gasteiger charge is 2.37. The summed E-state index contributed by atoms with van der Waals surface area (Å²) in [6.45, 7) is 1.37. The van der Waals surface area contributed by atoms with Crippen LogP contribution in [0.4, 0.5) is 5.82 Å². The average Bonchev–Trinajstić information content (AvgIpc) is 3.00. The Labute approximate surface area is 93.1 Å². The van der Waals surface area contributed by atoms with Gasteiger partial charge >= 0.3 is 0 Å². The van der Waals surface area contributed by atoms with Gasteiger partial charge in [-0.15, -0.1) is 0 Å². The number of pyridine rings is 1. The third-order valence-corrected chi connectivity index (χ3v) is 2.49. The summed E-state index contributed by atoms with van der Waals surface area (Å²) < 4.78 is 3.06. The maximum absolute atomic E-state index is 5.42. The van der Waals surface area contributed by atoms with E-state index in [1.165, 1.54) is 11.9 Å². The van der Waals surface area contributed by atoms with Crippen molar-refractivity contribution in [2.24, 2.45) is 5.73 Å². The van der Waals surface area contributed by atoms with Crippen molar-refractivity contribution in [2.45, 2.75) is 6.23 Å². The van der Waals surface area contributed by atoms with Gasteiger partial charge in [-0.2, -0.15) is 5.06 Å². The van der Waals surface area contributed by atoms with Gasteiger partial charge in [0.25, 0.3) is 0 Å². The molecule has 1 fully saturated rings. The highest BCUT2D eigenvalue weighted by Crippen LogP contribution is 2.35. The van der Waals surface area contributed by atoms with Crippen molar-refractivity contribution >= 4 is 17.8 Å². The molecule has 5 nitrogen and oxygen atoms in total. The maximum atomic E-state index is 5.42. The fourth-order valence-electron chi connectivity index (χ4n) is 1.34. The Balaban J connectivity index is 1.94. The summed E-state index contributed by atoms with van der Waals surface area (Å²) in [6.07, 6.45) is 3.83. The molecule has 82 valence electrons. The van der Waals surface area contributed by atoms with E-state index in [9.17, 15) is 0 Å². The van der Waals surface area contributed by atoms with Gasteiger partial charge in [0, 0.05) is 31.1 Å². The number of rotatable bonds is 5. The molecule has 15 heavy (non-hydrogen) atoms. The molecule has 0 spiro atoms. The monoisotopic (exact) mass is 226 g/mol. The van der Waals surface area contributed by atoms with E-state index in [2.05, 4.69) is 9.71 Å². The first kappa shape index (κ1) is 10.7. The Morgan fingerprint density at radius 2 is 2.53 bits per heavy atom. The molecule has 1 aromatic heterocycles. The Morgan fingerprint density at radius 3 is 3.13 bits per heavy atom. The zero-order valence-electron chi connectivity index (χ0n) is 8.51. The van der Waals surface area contributed by atoms with Gasteiger partial charge < -0.3 is 10.5 Å². The molecule has 0 saturated carbocycles. The van der Waals surface area contributed by atoms with Crippen molar-refractivity contribution in [3.05, 3.63) is 23.9 Å². The topological polar surface area (TPSA) is 66.5 Å². The standard InChI is InChI=1S/C9H14N4OS/c1-15-12-8-3-2-7(6-11-8)9-13(14-9)5-4-10/h2-3,6,9H,4-5,10H2,1H3,(H,11,12). The van der Waals surface area contributed by atoms with Crippen molar-refractivity contribution in [2.75, 3.05) is 24.1 Å². The van der Waals surface area contributed by atoms with E-state index >= 15 is 0 Å². The Bertz CT molecular complexity index is 318. The maximum Gasteiger partial charge on any atom is 0.181 e. The molecule has 1 aliphatic heterocycles. The zero-order valence-corrected chi connectivity index (χ0v) is 9.33. The Morgan fingerprint density at radius 1 is 1.67 bits per heavy atom. The van der Waals surface area contributed by atoms with Crippen molar-refractivity contribution in [3.63, 3.8) is 0 Å². The molecular weight excluding hydrogens is 212 g/mol. The summed E-state index contributed by atoms with van der Waals surface area (Å²) in [6, 6.07) is 3.95. The third kappa shape index (κ3) is 2.60. The van der Waals surface area contributed by atoms with Gasteiger partial charge in [-0.1, -0.05) is 11.9 Å². The van der Waals surface area contributed by atoms with E-state index in [0.717, 1.165) is 17.9 Å². The third-order valence-electron chi connectivity index (χ3n) is 2.08. The fourth-order valence-corrected chi connectivity index (χ4v) is 1.67. The van der Waals surface area contributed by atoms with Crippen LogP contribution in [-0.4, -0.2) is 29.4 Å². The number of nitrogens with one attached hydrogen (secondary N) is 1. The van der Waals surface area contributed by atoms with Crippen LogP contribution >= 0.6 is 11.9 Å². The lowest BCUT2D eigenvalue weighted by atomic mass is 10.2. The zero-order chi connectivity index (χ0) is 10.7. The first-order valence-electron chi connectivity index (χ1n) is 4.73. The molecule has 2 unspecified atom stereocenters. The number of nitrogens with two attached hydrogens (primary N) is 1. The molecule has 1 aromatic rings. The van der Waals surface area contributed by atoms with Gasteiger partial charge in [0.15, 0.2) is 6.23 Å². The van der Waals surface area contributed by atoms with Crippen molar-refractivity contribution < 1.29 is 4.84 Å². The lowest BCUT2D eigenvalue weighted by molar-refractivity contribution is 0.203. The predicted octanol–water partition coefficient (Wildman–Crippen LogP) is 0.976. The van der Waals surface area contributed by atoms with Crippen LogP contribution in [0.25, 0.3) is 0 Å². The number of hydrogen-bond donors (Lipinski definition) is 2. The molecular formula is C9H14N4OS. The SMILES string of the molecule is CSNc1ccc(C2ON2CCN)cn1. The molecule has 2 heterocycles. The van der Waals surface area contributed by atoms with Crippen LogP contribution in [-0.2, 0) is 4.84 Å². The predicted molar refractivity (Wildman–Crippen MR) is 61.0 cm³/mol. The second-order valence-electron chi connectivity index (χ2n) is 3.17. The van der Waals surface area contributed by atoms with E-state index in [0.29, 0.717) is 6.54 Å². The second kappa shape index (κ2) is 4.80. The van der Waals surface area contributed by atoms with Crippen molar-refractivity contribution in [1.29, 1.82) is 0 Å². The number of hydrogen-bond acceptors (Lipinski definition) is 6. The van der Waals surface area contributed by atoms with Crippen LogP contribution in [0, 0.1) is 0 Å². The Kier molecular flexibility index (Phi) is 3.42. The Hall–Kier alpha value is -0.820. The van der Waals surface area contributed by atoms with Gasteiger partial charge in [0.1, 0.15) is 5.82 Å². The summed E-state index contributed by atoms with van der Waals surface area (Å²) in [7, 11) is 0. The molecule has 0 bridgehead atoms. The van der Waals surface area contributed by atoms with Gasteiger partial charge in [-0.25, -0.2) is 4.98 Å². The minimum absolute atomic E-state index is 0.0457. The van der Waals surface area contributed by atoms with Crippen molar-refractivity contribution in [1.82, 2.24) is 10.0 Å². The minimum atomic E-state index is 0.0457. The first-order valence-corrected chi connectivity index (χ1v) is 5.96. The molecule has 0 aliphatic carbocycles. The smallest absolute Gasteiger partial charge is 0.181 e. The van der Waals surface area contributed by atoms with E-state index < -0.39 is 0 Å². The molecule has 1 aliphatic rings. The highest BCUT2D eigenvalue weighted by molar-refractivity contribution is 7.99. The van der Waals surface area contributed by atoms with Crippen LogP contribution < -0.4 is 10.5 Å². The molecule has 2 atom stereocenters. The van der Waals surface area contributed by atoms with Gasteiger partial charge in [0.05, 0.1) is 0 Å². The van der Waals surface area contributed by atoms with Gasteiger partial charge in [-0.3, -0.25) is 4.84 Å². The quantitative estimate of drug-likeness (QED) is 0.576. The van der Waals surface area contributed by atoms with E-state index in [4.69, 9.17) is 10.6 Å². The molecule has 6 heteroatoms. The number of anilines is 1. The van der Waals surface area contributed by atoms with E-state index in [-0.39, 0.29) is 6.23 Å². The lowest BCUT2D eigenvalue weighted by Crippen LogP contribution is -2.12. The molecule has 1 saturated heterocycles. The summed E-state index contributed by atoms with van der Waals surface area (Å²) in [5.74, 6) is 0.859. The number of hydroxylamine groups is 2. The number of aromatic nitrogens is 1. The molecule has 3 N–H and O–H groups in total. The molecule has 0 radical (unpaired) electrons. The summed E-state index contributed by atoms with van der Waals surface area (Å²) in [5.41, 5.74) is 6.49. The fraction of sp³-hybridized carbons (Fsp3) is 0.444. The van der Waals surface area contributed by atoms with Crippen molar-refractivity contribution in [3.8, 4) is 0 Å². The van der Waals surface area contributed by atoms with Crippen LogP contribution in [0.3, 0.4) is 0 Å². The van der Waals surface area contributed by atoms with Crippen LogP contribution in [0.5, 0.6) is 0 Å². The van der Waals surface area contributed by atoms with Gasteiger partial charge in [-0.05, 0) is 12.1 Å². The lowest BCUT2D eigenvalue weighted by Gasteiger charge is -2.01. The average molecular weight is 226 g/mol. The van der Waals surface area contributed by atoms with Crippen LogP contribution in [0.2, 0.25) is 0 Å². The molecule has 0 aromatic carbocycles. The summed E-state index contributed by atoms with van der Waals surface area (Å²) in [5, 5.41) is 1.85. The summed E-state index contributed by atoms with van der Waals surface area (Å²) >= 11 is 1.52. The second-order valence-corrected chi connectivity index (χ2v) is 3.78.